The molecule has 1 rings (SSSR count). The number of amides is 1. The maximum Gasteiger partial charge on any atom is 0.407 e. The molecule has 2 atom stereocenters. The van der Waals surface area contributed by atoms with Gasteiger partial charge in [0.15, 0.2) is 0 Å². The van der Waals surface area contributed by atoms with Gasteiger partial charge in [-0.15, -0.1) is 0 Å². The van der Waals surface area contributed by atoms with E-state index in [4.69, 9.17) is 9.84 Å². The smallest absolute Gasteiger partial charge is 0.407 e. The minimum Gasteiger partial charge on any atom is -0.480 e. The minimum atomic E-state index is -0.838. The van der Waals surface area contributed by atoms with Gasteiger partial charge in [-0.1, -0.05) is 13.8 Å². The number of nitrogens with one attached hydrogen (secondary N) is 1. The Morgan fingerprint density at radius 1 is 1.33 bits per heavy atom. The second-order valence-corrected chi connectivity index (χ2v) is 7.17. The van der Waals surface area contributed by atoms with Crippen molar-refractivity contribution in [2.75, 3.05) is 19.6 Å². The Labute approximate surface area is 126 Å². The number of rotatable bonds is 4. The molecule has 0 aromatic heterocycles. The number of carboxylic acid groups (broad SMARTS) is 1. The Morgan fingerprint density at radius 3 is 2.43 bits per heavy atom. The molecule has 1 saturated heterocycles. The summed E-state index contributed by atoms with van der Waals surface area (Å²) in [6.07, 6.45) is 0.416. The lowest BCUT2D eigenvalue weighted by molar-refractivity contribution is -0.139. The van der Waals surface area contributed by atoms with E-state index in [1.807, 2.05) is 25.7 Å². The van der Waals surface area contributed by atoms with E-state index < -0.39 is 17.7 Å². The van der Waals surface area contributed by atoms with Gasteiger partial charge < -0.3 is 15.2 Å². The number of ether oxygens (including phenoxy) is 1. The van der Waals surface area contributed by atoms with Crippen molar-refractivity contribution in [2.45, 2.75) is 52.7 Å². The van der Waals surface area contributed by atoms with Crippen molar-refractivity contribution in [2.24, 2.45) is 11.8 Å². The molecule has 21 heavy (non-hydrogen) atoms. The molecule has 2 N–H and O–H groups in total. The van der Waals surface area contributed by atoms with Crippen LogP contribution in [0.3, 0.4) is 0 Å². The summed E-state index contributed by atoms with van der Waals surface area (Å²) in [4.78, 5) is 24.7. The molecular formula is C15H28N2O4. The zero-order valence-corrected chi connectivity index (χ0v) is 13.7. The molecule has 0 saturated carbocycles. The first-order valence-electron chi connectivity index (χ1n) is 7.50. The maximum absolute atomic E-state index is 11.9. The molecule has 1 heterocycles. The molecule has 1 aliphatic heterocycles. The van der Waals surface area contributed by atoms with Crippen LogP contribution in [0.5, 0.6) is 0 Å². The van der Waals surface area contributed by atoms with Crippen LogP contribution in [0.25, 0.3) is 0 Å². The van der Waals surface area contributed by atoms with Gasteiger partial charge in [0.1, 0.15) is 5.60 Å². The number of piperidine rings is 1. The fourth-order valence-corrected chi connectivity index (χ4v) is 2.61. The molecule has 6 nitrogen and oxygen atoms in total. The van der Waals surface area contributed by atoms with Crippen molar-refractivity contribution in [3.63, 3.8) is 0 Å². The molecule has 0 aliphatic carbocycles. The standard InChI is InChI=1S/C15H28N2O4/c1-10(2)11-6-12(8-17(7-11)9-13(18)19)16-14(20)21-15(3,4)5/h10-12H,6-9H2,1-5H3,(H,16,20)(H,18,19). The Kier molecular flexibility index (Phi) is 6.01. The van der Waals surface area contributed by atoms with Crippen LogP contribution in [0, 0.1) is 11.8 Å². The number of hydrogen-bond acceptors (Lipinski definition) is 4. The molecular weight excluding hydrogens is 272 g/mol. The van der Waals surface area contributed by atoms with E-state index in [0.29, 0.717) is 18.4 Å². The topological polar surface area (TPSA) is 78.9 Å². The molecule has 1 aliphatic rings. The SMILES string of the molecule is CC(C)C1CC(NC(=O)OC(C)(C)C)CN(CC(=O)O)C1. The van der Waals surface area contributed by atoms with E-state index in [-0.39, 0.29) is 12.6 Å². The molecule has 1 fully saturated rings. The maximum atomic E-state index is 11.9. The van der Waals surface area contributed by atoms with Crippen molar-refractivity contribution in [1.29, 1.82) is 0 Å². The quantitative estimate of drug-likeness (QED) is 0.829. The zero-order chi connectivity index (χ0) is 16.2. The predicted octanol–water partition coefficient (Wildman–Crippen LogP) is 1.94. The van der Waals surface area contributed by atoms with Gasteiger partial charge in [-0.05, 0) is 39.0 Å². The Balaban J connectivity index is 2.62. The number of aliphatic carboxylic acids is 1. The van der Waals surface area contributed by atoms with Crippen molar-refractivity contribution in [3.05, 3.63) is 0 Å². The predicted molar refractivity (Wildman–Crippen MR) is 80.2 cm³/mol. The highest BCUT2D eigenvalue weighted by Crippen LogP contribution is 2.24. The van der Waals surface area contributed by atoms with Crippen LogP contribution in [0.1, 0.15) is 41.0 Å². The number of carboxylic acids is 1. The minimum absolute atomic E-state index is 0.00964. The van der Waals surface area contributed by atoms with E-state index in [2.05, 4.69) is 19.2 Å². The highest BCUT2D eigenvalue weighted by atomic mass is 16.6. The van der Waals surface area contributed by atoms with E-state index >= 15 is 0 Å². The number of hydrogen-bond donors (Lipinski definition) is 2. The van der Waals surface area contributed by atoms with Crippen LogP contribution in [0.15, 0.2) is 0 Å². The molecule has 2 unspecified atom stereocenters. The summed E-state index contributed by atoms with van der Waals surface area (Å²) in [6.45, 7) is 11.0. The van der Waals surface area contributed by atoms with Gasteiger partial charge in [0.25, 0.3) is 0 Å². The van der Waals surface area contributed by atoms with Gasteiger partial charge in [0.05, 0.1) is 6.54 Å². The van der Waals surface area contributed by atoms with Crippen LogP contribution >= 0.6 is 0 Å². The molecule has 0 aromatic rings. The second kappa shape index (κ2) is 7.11. The summed E-state index contributed by atoms with van der Waals surface area (Å²) in [7, 11) is 0. The van der Waals surface area contributed by atoms with Crippen LogP contribution < -0.4 is 5.32 Å². The largest absolute Gasteiger partial charge is 0.480 e. The van der Waals surface area contributed by atoms with Crippen molar-refractivity contribution >= 4 is 12.1 Å². The van der Waals surface area contributed by atoms with E-state index in [0.717, 1.165) is 13.0 Å². The third-order valence-electron chi connectivity index (χ3n) is 3.58. The number of alkyl carbamates (subject to hydrolysis) is 1. The Bertz CT molecular complexity index is 376. The number of nitrogens with zero attached hydrogens (tertiary/aromatic N) is 1. The van der Waals surface area contributed by atoms with Gasteiger partial charge in [-0.3, -0.25) is 9.69 Å². The number of likely N-dealkylation sites (tertiary alicyclic amines) is 1. The fraction of sp³-hybridized carbons (Fsp3) is 0.867. The fourth-order valence-electron chi connectivity index (χ4n) is 2.61. The van der Waals surface area contributed by atoms with Gasteiger partial charge >= 0.3 is 12.1 Å². The summed E-state index contributed by atoms with van der Waals surface area (Å²) in [5.41, 5.74) is -0.531. The van der Waals surface area contributed by atoms with Gasteiger partial charge in [0, 0.05) is 19.1 Å². The summed E-state index contributed by atoms with van der Waals surface area (Å²) >= 11 is 0. The molecule has 1 amide bonds. The van der Waals surface area contributed by atoms with Crippen LogP contribution in [0.2, 0.25) is 0 Å². The lowest BCUT2D eigenvalue weighted by Gasteiger charge is -2.39. The molecule has 0 aromatic carbocycles. The Morgan fingerprint density at radius 2 is 1.95 bits per heavy atom. The van der Waals surface area contributed by atoms with Crippen molar-refractivity contribution in [3.8, 4) is 0 Å². The van der Waals surface area contributed by atoms with Crippen LogP contribution in [-0.2, 0) is 9.53 Å². The molecule has 0 bridgehead atoms. The van der Waals surface area contributed by atoms with E-state index in [9.17, 15) is 9.59 Å². The molecule has 6 heteroatoms. The van der Waals surface area contributed by atoms with Gasteiger partial charge in [-0.25, -0.2) is 4.79 Å². The molecule has 122 valence electrons. The second-order valence-electron chi connectivity index (χ2n) is 7.17. The highest BCUT2D eigenvalue weighted by Gasteiger charge is 2.31. The molecule has 0 spiro atoms. The summed E-state index contributed by atoms with van der Waals surface area (Å²) in [6, 6.07) is -0.0691. The van der Waals surface area contributed by atoms with Gasteiger partial charge in [-0.2, -0.15) is 0 Å². The number of carbonyl (C=O) groups excluding carboxylic acids is 1. The van der Waals surface area contributed by atoms with Crippen LogP contribution in [0.4, 0.5) is 4.79 Å². The van der Waals surface area contributed by atoms with Crippen molar-refractivity contribution in [1.82, 2.24) is 10.2 Å². The first-order chi connectivity index (χ1) is 9.56. The summed E-state index contributed by atoms with van der Waals surface area (Å²) in [5, 5.41) is 11.8. The third-order valence-corrected chi connectivity index (χ3v) is 3.58. The average Bonchev–Trinajstić information content (AvgIpc) is 2.24. The number of carbonyl (C=O) groups is 2. The molecule has 0 radical (unpaired) electrons. The highest BCUT2D eigenvalue weighted by molar-refractivity contribution is 5.69. The Hall–Kier alpha value is -1.30. The summed E-state index contributed by atoms with van der Waals surface area (Å²) < 4.78 is 5.27. The monoisotopic (exact) mass is 300 g/mol. The first-order valence-corrected chi connectivity index (χ1v) is 7.50. The lowest BCUT2D eigenvalue weighted by atomic mass is 9.85. The lowest BCUT2D eigenvalue weighted by Crippen LogP contribution is -2.53. The van der Waals surface area contributed by atoms with E-state index in [1.54, 1.807) is 0 Å². The first kappa shape index (κ1) is 17.8. The van der Waals surface area contributed by atoms with Gasteiger partial charge in [0.2, 0.25) is 0 Å². The average molecular weight is 300 g/mol. The van der Waals surface area contributed by atoms with E-state index in [1.165, 1.54) is 0 Å². The zero-order valence-electron chi connectivity index (χ0n) is 13.7. The van der Waals surface area contributed by atoms with Crippen LogP contribution in [-0.4, -0.2) is 53.3 Å². The normalized spacial score (nSPS) is 23.9. The van der Waals surface area contributed by atoms with Crippen molar-refractivity contribution < 1.29 is 19.4 Å². The summed E-state index contributed by atoms with van der Waals surface area (Å²) in [5.74, 6) is -0.0157. The third kappa shape index (κ3) is 6.80.